The number of halogens is 1. The average molecular weight is 365 g/mol. The summed E-state index contributed by atoms with van der Waals surface area (Å²) in [5.74, 6) is -0.234. The zero-order chi connectivity index (χ0) is 18.1. The summed E-state index contributed by atoms with van der Waals surface area (Å²) in [6, 6.07) is 16.3. The number of thiophene rings is 1. The van der Waals surface area contributed by atoms with Crippen LogP contribution < -0.4 is 0 Å². The predicted octanol–water partition coefficient (Wildman–Crippen LogP) is 5.24. The Morgan fingerprint density at radius 3 is 2.54 bits per heavy atom. The van der Waals surface area contributed by atoms with Gasteiger partial charge < -0.3 is 4.90 Å². The minimum Gasteiger partial charge on any atom is -0.327 e. The molecule has 2 nitrogen and oxygen atoms in total. The van der Waals surface area contributed by atoms with E-state index in [1.54, 1.807) is 23.5 Å². The summed E-state index contributed by atoms with van der Waals surface area (Å²) >= 11 is 1.73. The fourth-order valence-electron chi connectivity index (χ4n) is 3.59. The second-order valence-corrected chi connectivity index (χ2v) is 7.55. The molecule has 3 aromatic rings. The van der Waals surface area contributed by atoms with Crippen LogP contribution in [0.1, 0.15) is 44.9 Å². The summed E-state index contributed by atoms with van der Waals surface area (Å²) < 4.78 is 13.4. The van der Waals surface area contributed by atoms with Crippen LogP contribution in [0, 0.1) is 5.82 Å². The highest BCUT2D eigenvalue weighted by atomic mass is 32.1. The Hall–Kier alpha value is -2.46. The molecule has 0 N–H and O–H groups in total. The van der Waals surface area contributed by atoms with Crippen LogP contribution in [0.25, 0.3) is 0 Å². The third-order valence-electron chi connectivity index (χ3n) is 5.02. The number of carbonyl (C=O) groups is 1. The second kappa shape index (κ2) is 7.04. The van der Waals surface area contributed by atoms with Crippen LogP contribution in [0.5, 0.6) is 0 Å². The number of rotatable bonds is 3. The van der Waals surface area contributed by atoms with E-state index in [1.807, 2.05) is 29.2 Å². The minimum absolute atomic E-state index is 0.0267. The molecular formula is C22H20FNOS. The van der Waals surface area contributed by atoms with Crippen molar-refractivity contribution in [3.8, 4) is 0 Å². The maximum absolute atomic E-state index is 13.4. The van der Waals surface area contributed by atoms with Crippen molar-refractivity contribution in [2.24, 2.45) is 0 Å². The quantitative estimate of drug-likeness (QED) is 0.622. The lowest BCUT2D eigenvalue weighted by Gasteiger charge is -2.36. The molecule has 4 heteroatoms. The Labute approximate surface area is 156 Å². The van der Waals surface area contributed by atoms with E-state index in [0.29, 0.717) is 12.1 Å². The fraction of sp³-hybridized carbons (Fsp3) is 0.227. The zero-order valence-electron chi connectivity index (χ0n) is 14.6. The molecule has 0 bridgehead atoms. The van der Waals surface area contributed by atoms with Gasteiger partial charge in [0.05, 0.1) is 6.04 Å². The third-order valence-corrected chi connectivity index (χ3v) is 6.02. The van der Waals surface area contributed by atoms with Crippen molar-refractivity contribution < 1.29 is 9.18 Å². The lowest BCUT2D eigenvalue weighted by atomic mass is 9.92. The predicted molar refractivity (Wildman–Crippen MR) is 103 cm³/mol. The van der Waals surface area contributed by atoms with Gasteiger partial charge in [-0.05, 0) is 65.2 Å². The first-order valence-corrected chi connectivity index (χ1v) is 9.77. The molecule has 2 aromatic carbocycles. The second-order valence-electron chi connectivity index (χ2n) is 6.55. The number of amides is 1. The number of aryl methyl sites for hydroxylation is 1. The number of hydrogen-bond donors (Lipinski definition) is 0. The molecule has 0 saturated heterocycles. The van der Waals surface area contributed by atoms with Crippen LogP contribution >= 0.6 is 11.3 Å². The van der Waals surface area contributed by atoms with Crippen LogP contribution in [0.2, 0.25) is 0 Å². The van der Waals surface area contributed by atoms with Crippen LogP contribution in [-0.2, 0) is 12.8 Å². The first kappa shape index (κ1) is 17.0. The molecule has 0 spiro atoms. The number of nitrogens with zero attached hydrogens (tertiary/aromatic N) is 1. The Morgan fingerprint density at radius 1 is 1.12 bits per heavy atom. The van der Waals surface area contributed by atoms with Crippen LogP contribution in [0.4, 0.5) is 4.39 Å². The molecule has 26 heavy (non-hydrogen) atoms. The van der Waals surface area contributed by atoms with Crippen molar-refractivity contribution in [2.75, 3.05) is 6.54 Å². The van der Waals surface area contributed by atoms with Gasteiger partial charge in [0.25, 0.3) is 5.91 Å². The van der Waals surface area contributed by atoms with Gasteiger partial charge in [0.1, 0.15) is 5.82 Å². The Balaban J connectivity index is 1.73. The first-order chi connectivity index (χ1) is 12.7. The standard InChI is InChI=1S/C22H20FNOS/c1-2-15-3-5-17(6-4-15)22(25)24-13-11-20-19(12-14-26-20)21(24)16-7-9-18(23)10-8-16/h3-10,12,14,21H,2,11,13H2,1H3. The lowest BCUT2D eigenvalue weighted by molar-refractivity contribution is 0.0696. The van der Waals surface area contributed by atoms with E-state index in [0.717, 1.165) is 24.0 Å². The first-order valence-electron chi connectivity index (χ1n) is 8.89. The van der Waals surface area contributed by atoms with E-state index in [1.165, 1.54) is 22.6 Å². The highest BCUT2D eigenvalue weighted by molar-refractivity contribution is 7.10. The van der Waals surface area contributed by atoms with Gasteiger partial charge >= 0.3 is 0 Å². The summed E-state index contributed by atoms with van der Waals surface area (Å²) in [7, 11) is 0. The molecule has 1 aromatic heterocycles. The van der Waals surface area contributed by atoms with E-state index in [4.69, 9.17) is 0 Å². The van der Waals surface area contributed by atoms with E-state index < -0.39 is 0 Å². The molecule has 2 heterocycles. The maximum Gasteiger partial charge on any atom is 0.254 e. The number of hydrogen-bond acceptors (Lipinski definition) is 2. The maximum atomic E-state index is 13.4. The molecule has 4 rings (SSSR count). The van der Waals surface area contributed by atoms with Crippen LogP contribution in [0.3, 0.4) is 0 Å². The van der Waals surface area contributed by atoms with E-state index in [-0.39, 0.29) is 17.8 Å². The molecule has 1 amide bonds. The number of fused-ring (bicyclic) bond motifs is 1. The van der Waals surface area contributed by atoms with Crippen molar-refractivity contribution in [1.82, 2.24) is 4.90 Å². The van der Waals surface area contributed by atoms with Gasteiger partial charge in [-0.2, -0.15) is 0 Å². The third kappa shape index (κ3) is 3.06. The normalized spacial score (nSPS) is 16.4. The molecule has 1 aliphatic rings. The summed E-state index contributed by atoms with van der Waals surface area (Å²) in [5.41, 5.74) is 4.03. The smallest absolute Gasteiger partial charge is 0.254 e. The molecule has 1 unspecified atom stereocenters. The molecule has 132 valence electrons. The van der Waals surface area contributed by atoms with Gasteiger partial charge in [-0.15, -0.1) is 11.3 Å². The summed E-state index contributed by atoms with van der Waals surface area (Å²) in [6.45, 7) is 2.77. The van der Waals surface area contributed by atoms with Gasteiger partial charge in [0.15, 0.2) is 0 Å². The topological polar surface area (TPSA) is 20.3 Å². The monoisotopic (exact) mass is 365 g/mol. The van der Waals surface area contributed by atoms with Crippen molar-refractivity contribution in [3.63, 3.8) is 0 Å². The molecule has 0 aliphatic carbocycles. The summed E-state index contributed by atoms with van der Waals surface area (Å²) in [4.78, 5) is 16.5. The SMILES string of the molecule is CCc1ccc(C(=O)N2CCc3sccc3C2c2ccc(F)cc2)cc1. The molecule has 0 radical (unpaired) electrons. The van der Waals surface area contributed by atoms with E-state index >= 15 is 0 Å². The van der Waals surface area contributed by atoms with Gasteiger partial charge in [-0.25, -0.2) is 4.39 Å². The number of carbonyl (C=O) groups excluding carboxylic acids is 1. The molecule has 0 fully saturated rings. The van der Waals surface area contributed by atoms with Crippen LogP contribution in [0.15, 0.2) is 60.0 Å². The van der Waals surface area contributed by atoms with E-state index in [9.17, 15) is 9.18 Å². The fourth-order valence-corrected chi connectivity index (χ4v) is 4.49. The lowest BCUT2D eigenvalue weighted by Crippen LogP contribution is -2.40. The van der Waals surface area contributed by atoms with Crippen molar-refractivity contribution in [1.29, 1.82) is 0 Å². The van der Waals surface area contributed by atoms with Gasteiger partial charge in [-0.1, -0.05) is 31.2 Å². The molecule has 1 aliphatic heterocycles. The zero-order valence-corrected chi connectivity index (χ0v) is 15.4. The van der Waals surface area contributed by atoms with Gasteiger partial charge in [-0.3, -0.25) is 4.79 Å². The van der Waals surface area contributed by atoms with Gasteiger partial charge in [0, 0.05) is 17.0 Å². The molecule has 0 saturated carbocycles. The van der Waals surface area contributed by atoms with Gasteiger partial charge in [0.2, 0.25) is 0 Å². The Kier molecular flexibility index (Phi) is 4.60. The minimum atomic E-state index is -0.261. The average Bonchev–Trinajstić information content (AvgIpc) is 3.16. The van der Waals surface area contributed by atoms with Crippen molar-refractivity contribution in [2.45, 2.75) is 25.8 Å². The van der Waals surface area contributed by atoms with Crippen molar-refractivity contribution in [3.05, 3.63) is 92.9 Å². The van der Waals surface area contributed by atoms with E-state index in [2.05, 4.69) is 18.4 Å². The molecule has 1 atom stereocenters. The highest BCUT2D eigenvalue weighted by Gasteiger charge is 2.33. The van der Waals surface area contributed by atoms with Crippen LogP contribution in [-0.4, -0.2) is 17.4 Å². The molecular weight excluding hydrogens is 345 g/mol. The Bertz CT molecular complexity index is 914. The number of benzene rings is 2. The summed E-state index contributed by atoms with van der Waals surface area (Å²) in [5, 5.41) is 2.07. The summed E-state index contributed by atoms with van der Waals surface area (Å²) in [6.07, 6.45) is 1.82. The largest absolute Gasteiger partial charge is 0.327 e. The highest BCUT2D eigenvalue weighted by Crippen LogP contribution is 2.38. The Morgan fingerprint density at radius 2 is 1.85 bits per heavy atom. The van der Waals surface area contributed by atoms with Crippen molar-refractivity contribution >= 4 is 17.2 Å².